The topological polar surface area (TPSA) is 6.48 Å². The van der Waals surface area contributed by atoms with Crippen molar-refractivity contribution >= 4 is 15.9 Å². The first-order chi connectivity index (χ1) is 10.6. The van der Waals surface area contributed by atoms with Crippen molar-refractivity contribution in [1.82, 2.24) is 9.80 Å². The maximum absolute atomic E-state index is 3.62. The van der Waals surface area contributed by atoms with Crippen LogP contribution in [0.25, 0.3) is 0 Å². The van der Waals surface area contributed by atoms with Gasteiger partial charge in [0, 0.05) is 30.1 Å². The third kappa shape index (κ3) is 4.23. The van der Waals surface area contributed by atoms with Crippen LogP contribution in [0.5, 0.6) is 0 Å². The lowest BCUT2D eigenvalue weighted by molar-refractivity contribution is 0.0747. The van der Waals surface area contributed by atoms with Crippen LogP contribution in [0.15, 0.2) is 59.1 Å². The largest absolute Gasteiger partial charge is 0.304 e. The highest BCUT2D eigenvalue weighted by molar-refractivity contribution is 9.10. The molecule has 2 nitrogen and oxygen atoms in total. The van der Waals surface area contributed by atoms with Crippen molar-refractivity contribution in [2.24, 2.45) is 0 Å². The number of halogens is 1. The molecule has 3 heteroatoms. The fourth-order valence-electron chi connectivity index (χ4n) is 3.42. The zero-order chi connectivity index (χ0) is 15.5. The minimum Gasteiger partial charge on any atom is -0.304 e. The highest BCUT2D eigenvalue weighted by Crippen LogP contribution is 2.32. The minimum atomic E-state index is 0. The maximum Gasteiger partial charge on any atom is 0.0605 e. The van der Waals surface area contributed by atoms with E-state index in [0.717, 1.165) is 24.1 Å². The van der Waals surface area contributed by atoms with Gasteiger partial charge in [-0.1, -0.05) is 65.8 Å². The first-order valence-electron chi connectivity index (χ1n) is 7.90. The summed E-state index contributed by atoms with van der Waals surface area (Å²) < 4.78 is 1.15. The molecule has 1 aliphatic rings. The fraction of sp³-hybridized carbons (Fsp3) is 0.400. The van der Waals surface area contributed by atoms with Gasteiger partial charge < -0.3 is 4.90 Å². The Kier molecular flexibility index (Phi) is 6.40. The van der Waals surface area contributed by atoms with Gasteiger partial charge in [0.1, 0.15) is 0 Å². The van der Waals surface area contributed by atoms with Gasteiger partial charge in [0.2, 0.25) is 0 Å². The van der Waals surface area contributed by atoms with Crippen LogP contribution in [-0.2, 0) is 0 Å². The highest BCUT2D eigenvalue weighted by atomic mass is 79.9. The van der Waals surface area contributed by atoms with Crippen LogP contribution in [-0.4, -0.2) is 42.5 Å². The molecule has 0 aliphatic carbocycles. The Balaban J connectivity index is 0.00000192. The summed E-state index contributed by atoms with van der Waals surface area (Å²) in [6.07, 6.45) is 0. The first kappa shape index (κ1) is 18.2. The van der Waals surface area contributed by atoms with Gasteiger partial charge in [-0.2, -0.15) is 0 Å². The molecule has 0 amide bonds. The fourth-order valence-corrected chi connectivity index (χ4v) is 3.84. The quantitative estimate of drug-likeness (QED) is 0.760. The molecular formula is C20H27BrN2. The Morgan fingerprint density at radius 1 is 1.00 bits per heavy atom. The van der Waals surface area contributed by atoms with Gasteiger partial charge in [0.15, 0.2) is 0 Å². The van der Waals surface area contributed by atoms with Crippen LogP contribution < -0.4 is 0 Å². The SMILES string of the molecule is C.CC1CN(C)CCN1C(c1ccccc1)c1cccc(Br)c1. The van der Waals surface area contributed by atoms with Gasteiger partial charge >= 0.3 is 0 Å². The summed E-state index contributed by atoms with van der Waals surface area (Å²) in [6.45, 7) is 5.69. The van der Waals surface area contributed by atoms with Crippen molar-refractivity contribution in [2.45, 2.75) is 26.4 Å². The van der Waals surface area contributed by atoms with E-state index < -0.39 is 0 Å². The van der Waals surface area contributed by atoms with Crippen LogP contribution in [0.1, 0.15) is 31.5 Å². The maximum atomic E-state index is 3.62. The number of hydrogen-bond acceptors (Lipinski definition) is 2. The van der Waals surface area contributed by atoms with Crippen LogP contribution in [0, 0.1) is 0 Å². The monoisotopic (exact) mass is 374 g/mol. The molecule has 0 bridgehead atoms. The van der Waals surface area contributed by atoms with Gasteiger partial charge in [0.05, 0.1) is 6.04 Å². The molecule has 2 unspecified atom stereocenters. The second kappa shape index (κ2) is 8.09. The second-order valence-electron chi connectivity index (χ2n) is 6.22. The summed E-state index contributed by atoms with van der Waals surface area (Å²) in [5, 5.41) is 0. The standard InChI is InChI=1S/C19H23BrN2.CH4/c1-15-14-21(2)11-12-22(15)19(16-7-4-3-5-8-16)17-9-6-10-18(20)13-17;/h3-10,13,15,19H,11-12,14H2,1-2H3;1H4. The average molecular weight is 375 g/mol. The number of rotatable bonds is 3. The minimum absolute atomic E-state index is 0. The molecule has 0 aromatic heterocycles. The van der Waals surface area contributed by atoms with Gasteiger partial charge in [-0.05, 0) is 37.2 Å². The Morgan fingerprint density at radius 3 is 2.35 bits per heavy atom. The Morgan fingerprint density at radius 2 is 1.70 bits per heavy atom. The van der Waals surface area contributed by atoms with Crippen molar-refractivity contribution < 1.29 is 0 Å². The second-order valence-corrected chi connectivity index (χ2v) is 7.13. The first-order valence-corrected chi connectivity index (χ1v) is 8.69. The van der Waals surface area contributed by atoms with E-state index in [2.05, 4.69) is 94.3 Å². The van der Waals surface area contributed by atoms with Gasteiger partial charge in [0.25, 0.3) is 0 Å². The molecule has 1 heterocycles. The van der Waals surface area contributed by atoms with Crippen LogP contribution in [0.3, 0.4) is 0 Å². The molecule has 23 heavy (non-hydrogen) atoms. The third-order valence-corrected chi connectivity index (χ3v) is 4.99. The molecule has 0 saturated carbocycles. The van der Waals surface area contributed by atoms with Crippen molar-refractivity contribution in [3.63, 3.8) is 0 Å². The van der Waals surface area contributed by atoms with E-state index in [4.69, 9.17) is 0 Å². The molecule has 124 valence electrons. The lowest BCUT2D eigenvalue weighted by atomic mass is 9.95. The van der Waals surface area contributed by atoms with E-state index in [1.54, 1.807) is 0 Å². The summed E-state index contributed by atoms with van der Waals surface area (Å²) in [6, 6.07) is 20.5. The van der Waals surface area contributed by atoms with Crippen molar-refractivity contribution in [3.05, 3.63) is 70.2 Å². The van der Waals surface area contributed by atoms with Gasteiger partial charge in [-0.25, -0.2) is 0 Å². The molecule has 1 saturated heterocycles. The van der Waals surface area contributed by atoms with E-state index in [0.29, 0.717) is 12.1 Å². The lowest BCUT2D eigenvalue weighted by Crippen LogP contribution is -2.51. The normalized spacial score (nSPS) is 20.7. The Bertz CT molecular complexity index is 614. The van der Waals surface area contributed by atoms with E-state index >= 15 is 0 Å². The van der Waals surface area contributed by atoms with Gasteiger partial charge in [-0.15, -0.1) is 0 Å². The predicted octanol–water partition coefficient (Wildman–Crippen LogP) is 4.81. The number of hydrogen-bond donors (Lipinski definition) is 0. The van der Waals surface area contributed by atoms with E-state index in [1.165, 1.54) is 11.1 Å². The smallest absolute Gasteiger partial charge is 0.0605 e. The van der Waals surface area contributed by atoms with Crippen LogP contribution in [0.4, 0.5) is 0 Å². The number of piperazine rings is 1. The third-order valence-electron chi connectivity index (χ3n) is 4.49. The summed E-state index contributed by atoms with van der Waals surface area (Å²) >= 11 is 3.62. The highest BCUT2D eigenvalue weighted by Gasteiger charge is 2.30. The van der Waals surface area contributed by atoms with Crippen molar-refractivity contribution in [1.29, 1.82) is 0 Å². The summed E-state index contributed by atoms with van der Waals surface area (Å²) in [5.41, 5.74) is 2.73. The van der Waals surface area contributed by atoms with Crippen molar-refractivity contribution in [3.8, 4) is 0 Å². The zero-order valence-corrected chi connectivity index (χ0v) is 14.8. The zero-order valence-electron chi connectivity index (χ0n) is 13.2. The van der Waals surface area contributed by atoms with E-state index in [9.17, 15) is 0 Å². The number of benzene rings is 2. The molecule has 2 aromatic carbocycles. The molecule has 0 spiro atoms. The van der Waals surface area contributed by atoms with Crippen molar-refractivity contribution in [2.75, 3.05) is 26.7 Å². The molecule has 2 aromatic rings. The molecule has 2 atom stereocenters. The molecular weight excluding hydrogens is 348 g/mol. The molecule has 1 aliphatic heterocycles. The molecule has 1 fully saturated rings. The Labute approximate surface area is 149 Å². The molecule has 0 N–H and O–H groups in total. The summed E-state index contributed by atoms with van der Waals surface area (Å²) in [4.78, 5) is 5.06. The molecule has 0 radical (unpaired) electrons. The predicted molar refractivity (Wildman–Crippen MR) is 103 cm³/mol. The molecule has 3 rings (SSSR count). The van der Waals surface area contributed by atoms with E-state index in [1.807, 2.05) is 0 Å². The average Bonchev–Trinajstić information content (AvgIpc) is 2.51. The summed E-state index contributed by atoms with van der Waals surface area (Å²) in [5.74, 6) is 0. The number of likely N-dealkylation sites (N-methyl/N-ethyl adjacent to an activating group) is 1. The summed E-state index contributed by atoms with van der Waals surface area (Å²) in [7, 11) is 2.21. The number of nitrogens with zero attached hydrogens (tertiary/aromatic N) is 2. The van der Waals surface area contributed by atoms with Crippen LogP contribution >= 0.6 is 15.9 Å². The van der Waals surface area contributed by atoms with Crippen LogP contribution in [0.2, 0.25) is 0 Å². The van der Waals surface area contributed by atoms with Gasteiger partial charge in [-0.3, -0.25) is 4.90 Å². The van der Waals surface area contributed by atoms with E-state index in [-0.39, 0.29) is 7.43 Å². The Hall–Kier alpha value is -1.16. The lowest BCUT2D eigenvalue weighted by Gasteiger charge is -2.43.